The third-order valence-corrected chi connectivity index (χ3v) is 2.59. The van der Waals surface area contributed by atoms with Crippen LogP contribution >= 0.6 is 23.4 Å². The van der Waals surface area contributed by atoms with Crippen molar-refractivity contribution >= 4 is 28.6 Å². The number of hydrogen-bond acceptors (Lipinski definition) is 3. The van der Waals surface area contributed by atoms with Gasteiger partial charge in [-0.3, -0.25) is 4.79 Å². The topological polar surface area (TPSA) is 26.3 Å². The first kappa shape index (κ1) is 10.4. The quantitative estimate of drug-likeness (QED) is 0.574. The first-order chi connectivity index (χ1) is 6.19. The van der Waals surface area contributed by atoms with Gasteiger partial charge in [0.15, 0.2) is 0 Å². The SMILES string of the molecule is COc1ccc(C(=O)Cl)cc1SC. The summed E-state index contributed by atoms with van der Waals surface area (Å²) in [6.45, 7) is 0. The van der Waals surface area contributed by atoms with Crippen LogP contribution in [0.5, 0.6) is 5.75 Å². The van der Waals surface area contributed by atoms with E-state index in [1.54, 1.807) is 25.3 Å². The van der Waals surface area contributed by atoms with E-state index in [2.05, 4.69) is 0 Å². The van der Waals surface area contributed by atoms with Gasteiger partial charge in [-0.05, 0) is 36.1 Å². The molecule has 0 atom stereocenters. The first-order valence-electron chi connectivity index (χ1n) is 3.61. The van der Waals surface area contributed by atoms with E-state index in [1.807, 2.05) is 6.26 Å². The molecule has 1 rings (SSSR count). The number of halogens is 1. The van der Waals surface area contributed by atoms with Crippen LogP contribution in [0.1, 0.15) is 10.4 Å². The Bertz CT molecular complexity index is 325. The minimum absolute atomic E-state index is 0.446. The molecule has 0 fully saturated rings. The molecule has 0 aliphatic carbocycles. The van der Waals surface area contributed by atoms with E-state index in [1.165, 1.54) is 11.8 Å². The fraction of sp³-hybridized carbons (Fsp3) is 0.222. The van der Waals surface area contributed by atoms with E-state index < -0.39 is 5.24 Å². The molecule has 70 valence electrons. The number of thioether (sulfide) groups is 1. The number of hydrogen-bond donors (Lipinski definition) is 0. The zero-order valence-corrected chi connectivity index (χ0v) is 8.91. The summed E-state index contributed by atoms with van der Waals surface area (Å²) in [4.78, 5) is 11.7. The molecule has 0 aliphatic rings. The smallest absolute Gasteiger partial charge is 0.252 e. The van der Waals surface area contributed by atoms with E-state index in [4.69, 9.17) is 16.3 Å². The number of carbonyl (C=O) groups is 1. The fourth-order valence-corrected chi connectivity index (χ4v) is 1.67. The number of carbonyl (C=O) groups excluding carboxylic acids is 1. The average molecular weight is 217 g/mol. The van der Waals surface area contributed by atoms with E-state index in [0.29, 0.717) is 5.56 Å². The van der Waals surface area contributed by atoms with Crippen LogP contribution < -0.4 is 4.74 Å². The molecule has 0 aliphatic heterocycles. The molecular weight excluding hydrogens is 208 g/mol. The summed E-state index contributed by atoms with van der Waals surface area (Å²) in [5.41, 5.74) is 0.492. The second-order valence-corrected chi connectivity index (χ2v) is 3.53. The van der Waals surface area contributed by atoms with Crippen molar-refractivity contribution < 1.29 is 9.53 Å². The Morgan fingerprint density at radius 2 is 2.23 bits per heavy atom. The summed E-state index contributed by atoms with van der Waals surface area (Å²) in [5, 5.41) is -0.446. The standard InChI is InChI=1S/C9H9ClO2S/c1-12-7-4-3-6(9(10)11)5-8(7)13-2/h3-5H,1-2H3. The van der Waals surface area contributed by atoms with Crippen molar-refractivity contribution in [2.75, 3.05) is 13.4 Å². The highest BCUT2D eigenvalue weighted by molar-refractivity contribution is 7.98. The maximum Gasteiger partial charge on any atom is 0.252 e. The highest BCUT2D eigenvalue weighted by atomic mass is 35.5. The Morgan fingerprint density at radius 1 is 1.54 bits per heavy atom. The Hall–Kier alpha value is -0.670. The van der Waals surface area contributed by atoms with E-state index in [9.17, 15) is 4.79 Å². The molecule has 0 N–H and O–H groups in total. The molecule has 0 aromatic heterocycles. The molecule has 0 saturated heterocycles. The summed E-state index contributed by atoms with van der Waals surface area (Å²) in [6, 6.07) is 5.11. The number of methoxy groups -OCH3 is 1. The van der Waals surface area contributed by atoms with Crippen LogP contribution in [0.3, 0.4) is 0 Å². The third-order valence-electron chi connectivity index (χ3n) is 1.61. The molecule has 1 aromatic carbocycles. The van der Waals surface area contributed by atoms with Gasteiger partial charge in [-0.1, -0.05) is 0 Å². The third kappa shape index (κ3) is 2.39. The highest BCUT2D eigenvalue weighted by Gasteiger charge is 2.06. The molecule has 4 heteroatoms. The van der Waals surface area contributed by atoms with Gasteiger partial charge >= 0.3 is 0 Å². The molecule has 0 amide bonds. The molecule has 0 spiro atoms. The molecule has 1 aromatic rings. The largest absolute Gasteiger partial charge is 0.496 e. The predicted octanol–water partition coefficient (Wildman–Crippen LogP) is 2.80. The van der Waals surface area contributed by atoms with Gasteiger partial charge in [0, 0.05) is 10.5 Å². The Labute approximate surface area is 86.2 Å². The zero-order chi connectivity index (χ0) is 9.84. The Kier molecular flexibility index (Phi) is 3.63. The molecule has 0 radical (unpaired) electrons. The van der Waals surface area contributed by atoms with Gasteiger partial charge < -0.3 is 4.74 Å². The zero-order valence-electron chi connectivity index (χ0n) is 7.33. The molecule has 2 nitrogen and oxygen atoms in total. The number of ether oxygens (including phenoxy) is 1. The van der Waals surface area contributed by atoms with Crippen LogP contribution in [-0.2, 0) is 0 Å². The van der Waals surface area contributed by atoms with Gasteiger partial charge in [0.25, 0.3) is 5.24 Å². The van der Waals surface area contributed by atoms with Crippen LogP contribution in [0, 0.1) is 0 Å². The summed E-state index contributed by atoms with van der Waals surface area (Å²) in [7, 11) is 1.59. The van der Waals surface area contributed by atoms with Crippen LogP contribution in [-0.4, -0.2) is 18.6 Å². The highest BCUT2D eigenvalue weighted by Crippen LogP contribution is 2.28. The van der Waals surface area contributed by atoms with Gasteiger partial charge in [0.1, 0.15) is 5.75 Å². The molecule has 0 heterocycles. The van der Waals surface area contributed by atoms with E-state index in [0.717, 1.165) is 10.6 Å². The maximum absolute atomic E-state index is 10.8. The van der Waals surface area contributed by atoms with Crippen LogP contribution in [0.25, 0.3) is 0 Å². The molecule has 0 saturated carbocycles. The van der Waals surface area contributed by atoms with Gasteiger partial charge in [-0.15, -0.1) is 11.8 Å². The van der Waals surface area contributed by atoms with E-state index >= 15 is 0 Å². The summed E-state index contributed by atoms with van der Waals surface area (Å²) >= 11 is 6.85. The fourth-order valence-electron chi connectivity index (χ4n) is 0.958. The van der Waals surface area contributed by atoms with Gasteiger partial charge in [-0.25, -0.2) is 0 Å². The van der Waals surface area contributed by atoms with E-state index in [-0.39, 0.29) is 0 Å². The van der Waals surface area contributed by atoms with Gasteiger partial charge in [0.05, 0.1) is 7.11 Å². The minimum Gasteiger partial charge on any atom is -0.496 e. The second-order valence-electron chi connectivity index (χ2n) is 2.34. The summed E-state index contributed by atoms with van der Waals surface area (Å²) in [5.74, 6) is 0.758. The lowest BCUT2D eigenvalue weighted by atomic mass is 10.2. The summed E-state index contributed by atoms with van der Waals surface area (Å²) < 4.78 is 5.10. The van der Waals surface area contributed by atoms with Crippen LogP contribution in [0.4, 0.5) is 0 Å². The van der Waals surface area contributed by atoms with Crippen molar-refractivity contribution in [3.05, 3.63) is 23.8 Å². The number of rotatable bonds is 3. The van der Waals surface area contributed by atoms with Crippen molar-refractivity contribution in [3.63, 3.8) is 0 Å². The minimum atomic E-state index is -0.446. The number of benzene rings is 1. The van der Waals surface area contributed by atoms with Crippen molar-refractivity contribution in [2.24, 2.45) is 0 Å². The second kappa shape index (κ2) is 4.53. The lowest BCUT2D eigenvalue weighted by Crippen LogP contribution is -1.91. The molecular formula is C9H9ClO2S. The normalized spacial score (nSPS) is 9.77. The molecule has 0 bridgehead atoms. The van der Waals surface area contributed by atoms with Gasteiger partial charge in [-0.2, -0.15) is 0 Å². The lowest BCUT2D eigenvalue weighted by Gasteiger charge is -2.06. The van der Waals surface area contributed by atoms with Crippen molar-refractivity contribution in [1.29, 1.82) is 0 Å². The predicted molar refractivity (Wildman–Crippen MR) is 55.0 cm³/mol. The molecule has 0 unspecified atom stereocenters. The van der Waals surface area contributed by atoms with Crippen molar-refractivity contribution in [2.45, 2.75) is 4.90 Å². The Balaban J connectivity index is 3.13. The van der Waals surface area contributed by atoms with Crippen LogP contribution in [0.2, 0.25) is 0 Å². The maximum atomic E-state index is 10.8. The Morgan fingerprint density at radius 3 is 2.69 bits per heavy atom. The molecule has 13 heavy (non-hydrogen) atoms. The monoisotopic (exact) mass is 216 g/mol. The first-order valence-corrected chi connectivity index (χ1v) is 5.21. The average Bonchev–Trinajstić information content (AvgIpc) is 2.16. The summed E-state index contributed by atoms with van der Waals surface area (Å²) in [6.07, 6.45) is 1.92. The van der Waals surface area contributed by atoms with Crippen molar-refractivity contribution in [3.8, 4) is 5.75 Å². The van der Waals surface area contributed by atoms with Crippen LogP contribution in [0.15, 0.2) is 23.1 Å². The van der Waals surface area contributed by atoms with Gasteiger partial charge in [0.2, 0.25) is 0 Å². The lowest BCUT2D eigenvalue weighted by molar-refractivity contribution is 0.108. The van der Waals surface area contributed by atoms with Crippen molar-refractivity contribution in [1.82, 2.24) is 0 Å².